The van der Waals surface area contributed by atoms with Crippen LogP contribution in [0.2, 0.25) is 0 Å². The van der Waals surface area contributed by atoms with Gasteiger partial charge in [-0.3, -0.25) is 0 Å². The minimum Gasteiger partial charge on any atom is -0.497 e. The molecule has 0 spiro atoms. The second kappa shape index (κ2) is 4.97. The third-order valence-electron chi connectivity index (χ3n) is 3.84. The highest BCUT2D eigenvalue weighted by Gasteiger charge is 2.37. The number of halogens is 2. The summed E-state index contributed by atoms with van der Waals surface area (Å²) in [5.74, 6) is 0.391. The van der Waals surface area contributed by atoms with Crippen LogP contribution in [-0.2, 0) is 0 Å². The molecule has 0 amide bonds. The highest BCUT2D eigenvalue weighted by atomic mass is 79.9. The molecule has 94 valence electrons. The van der Waals surface area contributed by atoms with E-state index in [1.807, 2.05) is 12.1 Å². The number of alkyl halides is 1. The van der Waals surface area contributed by atoms with Crippen LogP contribution in [0, 0.1) is 11.2 Å². The molecular formula is C14H18BrFO. The Morgan fingerprint density at radius 2 is 2.00 bits per heavy atom. The van der Waals surface area contributed by atoms with Gasteiger partial charge in [0.25, 0.3) is 0 Å². The molecule has 1 unspecified atom stereocenters. The summed E-state index contributed by atoms with van der Waals surface area (Å²) >= 11 is 3.69. The van der Waals surface area contributed by atoms with Gasteiger partial charge in [-0.15, -0.1) is 0 Å². The molecule has 1 aliphatic carbocycles. The van der Waals surface area contributed by atoms with Gasteiger partial charge in [0, 0.05) is 16.5 Å². The zero-order valence-electron chi connectivity index (χ0n) is 10.3. The van der Waals surface area contributed by atoms with Crippen molar-refractivity contribution in [3.63, 3.8) is 0 Å². The van der Waals surface area contributed by atoms with Gasteiger partial charge in [0.2, 0.25) is 0 Å². The van der Waals surface area contributed by atoms with Crippen LogP contribution in [0.15, 0.2) is 18.2 Å². The Balaban J connectivity index is 2.27. The Hall–Kier alpha value is -0.570. The maximum Gasteiger partial charge on any atom is 0.131 e. The molecule has 1 atom stereocenters. The van der Waals surface area contributed by atoms with Gasteiger partial charge in [-0.1, -0.05) is 41.8 Å². The first kappa shape index (κ1) is 12.9. The average Bonchev–Trinajstić information content (AvgIpc) is 2.76. The van der Waals surface area contributed by atoms with E-state index in [-0.39, 0.29) is 16.1 Å². The van der Waals surface area contributed by atoms with Crippen molar-refractivity contribution in [1.29, 1.82) is 0 Å². The van der Waals surface area contributed by atoms with E-state index in [4.69, 9.17) is 4.74 Å². The standard InChI is InChI=1S/C14H18BrFO/c1-14(7-3-4-8-14)13(15)11-6-5-10(17-2)9-12(11)16/h5-6,9,13H,3-4,7-8H2,1-2H3. The lowest BCUT2D eigenvalue weighted by Gasteiger charge is -2.30. The SMILES string of the molecule is COc1ccc(C(Br)C2(C)CCCC2)c(F)c1. The van der Waals surface area contributed by atoms with Crippen molar-refractivity contribution in [2.75, 3.05) is 7.11 Å². The van der Waals surface area contributed by atoms with E-state index in [0.717, 1.165) is 18.4 Å². The third kappa shape index (κ3) is 2.49. The minimum atomic E-state index is -0.181. The summed E-state index contributed by atoms with van der Waals surface area (Å²) in [4.78, 5) is 0.0865. The van der Waals surface area contributed by atoms with E-state index in [2.05, 4.69) is 22.9 Å². The fourth-order valence-corrected chi connectivity index (χ4v) is 3.48. The van der Waals surface area contributed by atoms with Crippen molar-refractivity contribution in [2.45, 2.75) is 37.4 Å². The van der Waals surface area contributed by atoms with E-state index in [9.17, 15) is 4.39 Å². The second-order valence-corrected chi connectivity index (χ2v) is 6.03. The quantitative estimate of drug-likeness (QED) is 0.725. The summed E-state index contributed by atoms with van der Waals surface area (Å²) in [5, 5.41) is 0. The molecule has 17 heavy (non-hydrogen) atoms. The molecule has 1 saturated carbocycles. The summed E-state index contributed by atoms with van der Waals surface area (Å²) in [6.45, 7) is 2.24. The third-order valence-corrected chi connectivity index (χ3v) is 5.44. The minimum absolute atomic E-state index is 0.0865. The number of methoxy groups -OCH3 is 1. The van der Waals surface area contributed by atoms with Crippen molar-refractivity contribution in [1.82, 2.24) is 0 Å². The topological polar surface area (TPSA) is 9.23 Å². The zero-order valence-corrected chi connectivity index (χ0v) is 11.9. The Kier molecular flexibility index (Phi) is 3.76. The predicted octanol–water partition coefficient (Wildman–Crippen LogP) is 4.85. The van der Waals surface area contributed by atoms with E-state index in [1.54, 1.807) is 7.11 Å². The van der Waals surface area contributed by atoms with E-state index in [1.165, 1.54) is 18.9 Å². The molecule has 1 aromatic rings. The summed E-state index contributed by atoms with van der Waals surface area (Å²) in [5.41, 5.74) is 0.922. The predicted molar refractivity (Wildman–Crippen MR) is 71.2 cm³/mol. The molecule has 1 aromatic carbocycles. The molecule has 0 saturated heterocycles. The average molecular weight is 301 g/mol. The van der Waals surface area contributed by atoms with Crippen molar-refractivity contribution >= 4 is 15.9 Å². The highest BCUT2D eigenvalue weighted by Crippen LogP contribution is 2.52. The number of hydrogen-bond acceptors (Lipinski definition) is 1. The van der Waals surface area contributed by atoms with Crippen molar-refractivity contribution in [2.24, 2.45) is 5.41 Å². The molecule has 2 rings (SSSR count). The largest absolute Gasteiger partial charge is 0.497 e. The zero-order chi connectivity index (χ0) is 12.5. The lowest BCUT2D eigenvalue weighted by Crippen LogP contribution is -2.18. The lowest BCUT2D eigenvalue weighted by atomic mass is 9.82. The summed E-state index contributed by atoms with van der Waals surface area (Å²) in [6, 6.07) is 5.12. The molecule has 1 nitrogen and oxygen atoms in total. The van der Waals surface area contributed by atoms with Crippen LogP contribution in [0.5, 0.6) is 5.75 Å². The number of hydrogen-bond donors (Lipinski definition) is 0. The van der Waals surface area contributed by atoms with Crippen LogP contribution in [0.25, 0.3) is 0 Å². The number of benzene rings is 1. The van der Waals surface area contributed by atoms with Gasteiger partial charge in [-0.2, -0.15) is 0 Å². The number of ether oxygens (including phenoxy) is 1. The van der Waals surface area contributed by atoms with Gasteiger partial charge in [0.15, 0.2) is 0 Å². The van der Waals surface area contributed by atoms with Gasteiger partial charge in [0.05, 0.1) is 7.11 Å². The summed E-state index contributed by atoms with van der Waals surface area (Å²) < 4.78 is 19.0. The van der Waals surface area contributed by atoms with Crippen LogP contribution in [-0.4, -0.2) is 7.11 Å². The smallest absolute Gasteiger partial charge is 0.131 e. The first-order valence-corrected chi connectivity index (χ1v) is 6.96. The van der Waals surface area contributed by atoms with E-state index >= 15 is 0 Å². The molecule has 1 fully saturated rings. The van der Waals surface area contributed by atoms with Crippen molar-refractivity contribution in [3.05, 3.63) is 29.6 Å². The first-order valence-electron chi connectivity index (χ1n) is 6.04. The Morgan fingerprint density at radius 1 is 1.35 bits per heavy atom. The monoisotopic (exact) mass is 300 g/mol. The fraction of sp³-hybridized carbons (Fsp3) is 0.571. The van der Waals surface area contributed by atoms with Gasteiger partial charge in [-0.25, -0.2) is 4.39 Å². The molecule has 0 heterocycles. The van der Waals surface area contributed by atoms with Crippen LogP contribution < -0.4 is 4.74 Å². The molecular weight excluding hydrogens is 283 g/mol. The lowest BCUT2D eigenvalue weighted by molar-refractivity contribution is 0.325. The Labute approximate surface area is 110 Å². The van der Waals surface area contributed by atoms with Crippen LogP contribution in [0.4, 0.5) is 4.39 Å². The molecule has 0 aromatic heterocycles. The normalized spacial score (nSPS) is 20.2. The van der Waals surface area contributed by atoms with E-state index < -0.39 is 0 Å². The van der Waals surface area contributed by atoms with Gasteiger partial charge >= 0.3 is 0 Å². The Bertz CT molecular complexity index is 399. The second-order valence-electron chi connectivity index (χ2n) is 5.11. The van der Waals surface area contributed by atoms with Crippen LogP contribution >= 0.6 is 15.9 Å². The first-order chi connectivity index (χ1) is 8.07. The maximum absolute atomic E-state index is 14.0. The molecule has 1 aliphatic rings. The summed E-state index contributed by atoms with van der Waals surface area (Å²) in [6.07, 6.45) is 4.81. The molecule has 0 N–H and O–H groups in total. The van der Waals surface area contributed by atoms with Crippen LogP contribution in [0.3, 0.4) is 0 Å². The van der Waals surface area contributed by atoms with E-state index in [0.29, 0.717) is 5.75 Å². The van der Waals surface area contributed by atoms with Gasteiger partial charge in [0.1, 0.15) is 11.6 Å². The maximum atomic E-state index is 14.0. The molecule has 3 heteroatoms. The fourth-order valence-electron chi connectivity index (χ4n) is 2.65. The summed E-state index contributed by atoms with van der Waals surface area (Å²) in [7, 11) is 1.55. The molecule has 0 bridgehead atoms. The highest BCUT2D eigenvalue weighted by molar-refractivity contribution is 9.09. The van der Waals surface area contributed by atoms with Gasteiger partial charge < -0.3 is 4.74 Å². The van der Waals surface area contributed by atoms with Crippen molar-refractivity contribution in [3.8, 4) is 5.75 Å². The molecule has 0 aliphatic heterocycles. The van der Waals surface area contributed by atoms with Crippen molar-refractivity contribution < 1.29 is 9.13 Å². The number of rotatable bonds is 3. The van der Waals surface area contributed by atoms with Gasteiger partial charge in [-0.05, 0) is 24.3 Å². The molecule has 0 radical (unpaired) electrons. The Morgan fingerprint density at radius 3 is 2.53 bits per heavy atom. The van der Waals surface area contributed by atoms with Crippen LogP contribution in [0.1, 0.15) is 43.0 Å².